The zero-order valence-corrected chi connectivity index (χ0v) is 9.52. The summed E-state index contributed by atoms with van der Waals surface area (Å²) in [5.41, 5.74) is 2.02. The number of methoxy groups -OCH3 is 1. The van der Waals surface area contributed by atoms with Gasteiger partial charge in [-0.2, -0.15) is 5.10 Å². The molecule has 5 nitrogen and oxygen atoms in total. The third-order valence-corrected chi connectivity index (χ3v) is 2.44. The molecule has 0 fully saturated rings. The highest BCUT2D eigenvalue weighted by Crippen LogP contribution is 2.18. The van der Waals surface area contributed by atoms with Gasteiger partial charge in [0.15, 0.2) is 5.65 Å². The predicted molar refractivity (Wildman–Crippen MR) is 59.3 cm³/mol. The summed E-state index contributed by atoms with van der Waals surface area (Å²) in [4.78, 5) is 16.0. The summed E-state index contributed by atoms with van der Waals surface area (Å²) >= 11 is 0. The van der Waals surface area contributed by atoms with E-state index in [1.807, 2.05) is 13.8 Å². The van der Waals surface area contributed by atoms with Gasteiger partial charge in [-0.15, -0.1) is 0 Å². The van der Waals surface area contributed by atoms with Crippen LogP contribution in [0.1, 0.15) is 23.0 Å². The van der Waals surface area contributed by atoms with E-state index in [1.54, 1.807) is 16.9 Å². The molecule has 0 aromatic carbocycles. The highest BCUT2D eigenvalue weighted by molar-refractivity contribution is 6.02. The van der Waals surface area contributed by atoms with Gasteiger partial charge in [0.1, 0.15) is 0 Å². The molecule has 5 heteroatoms. The molecular formula is C11H13N3O2. The standard InChI is InChI=1S/C11H13N3O2/c1-4-14-10-9(6-12-14)8(11(15)16-3)5-7(2)13-10/h5-6H,4H2,1-3H3. The minimum absolute atomic E-state index is 0.355. The first-order valence-corrected chi connectivity index (χ1v) is 5.08. The molecule has 2 rings (SSSR count). The molecule has 0 N–H and O–H groups in total. The summed E-state index contributed by atoms with van der Waals surface area (Å²) < 4.78 is 6.50. The lowest BCUT2D eigenvalue weighted by atomic mass is 10.1. The second-order valence-electron chi connectivity index (χ2n) is 3.50. The maximum Gasteiger partial charge on any atom is 0.338 e. The van der Waals surface area contributed by atoms with E-state index in [1.165, 1.54) is 7.11 Å². The van der Waals surface area contributed by atoms with Crippen LogP contribution in [0, 0.1) is 6.92 Å². The van der Waals surface area contributed by atoms with Crippen LogP contribution in [0.25, 0.3) is 11.0 Å². The molecule has 2 heterocycles. The first-order valence-electron chi connectivity index (χ1n) is 5.08. The van der Waals surface area contributed by atoms with Gasteiger partial charge in [-0.25, -0.2) is 14.5 Å². The van der Waals surface area contributed by atoms with E-state index in [-0.39, 0.29) is 5.97 Å². The van der Waals surface area contributed by atoms with Gasteiger partial charge in [-0.1, -0.05) is 0 Å². The van der Waals surface area contributed by atoms with E-state index in [9.17, 15) is 4.79 Å². The number of nitrogens with zero attached hydrogens (tertiary/aromatic N) is 3. The molecule has 84 valence electrons. The van der Waals surface area contributed by atoms with Gasteiger partial charge in [0.25, 0.3) is 0 Å². The van der Waals surface area contributed by atoms with Crippen LogP contribution in [0.4, 0.5) is 0 Å². The highest BCUT2D eigenvalue weighted by Gasteiger charge is 2.15. The lowest BCUT2D eigenvalue weighted by Gasteiger charge is -2.03. The largest absolute Gasteiger partial charge is 0.465 e. The molecular weight excluding hydrogens is 206 g/mol. The Balaban J connectivity index is 2.74. The smallest absolute Gasteiger partial charge is 0.338 e. The summed E-state index contributed by atoms with van der Waals surface area (Å²) in [6.07, 6.45) is 1.65. The number of esters is 1. The number of pyridine rings is 1. The van der Waals surface area contributed by atoms with Crippen molar-refractivity contribution >= 4 is 17.0 Å². The number of ether oxygens (including phenoxy) is 1. The highest BCUT2D eigenvalue weighted by atomic mass is 16.5. The number of hydrogen-bond donors (Lipinski definition) is 0. The van der Waals surface area contributed by atoms with Crippen molar-refractivity contribution in [2.24, 2.45) is 0 Å². The van der Waals surface area contributed by atoms with Crippen molar-refractivity contribution < 1.29 is 9.53 Å². The third-order valence-electron chi connectivity index (χ3n) is 2.44. The fraction of sp³-hybridized carbons (Fsp3) is 0.364. The summed E-state index contributed by atoms with van der Waals surface area (Å²) in [5, 5.41) is 4.91. The molecule has 2 aromatic heterocycles. The fourth-order valence-corrected chi connectivity index (χ4v) is 1.68. The van der Waals surface area contributed by atoms with E-state index in [2.05, 4.69) is 10.1 Å². The number of rotatable bonds is 2. The second-order valence-corrected chi connectivity index (χ2v) is 3.50. The Kier molecular flexibility index (Phi) is 2.60. The molecule has 0 bridgehead atoms. The molecule has 0 saturated carbocycles. The Hall–Kier alpha value is -1.91. The molecule has 0 aliphatic heterocycles. The monoisotopic (exact) mass is 219 g/mol. The topological polar surface area (TPSA) is 57.0 Å². The number of carbonyl (C=O) groups is 1. The predicted octanol–water partition coefficient (Wildman–Crippen LogP) is 1.55. The molecule has 0 spiro atoms. The Morgan fingerprint density at radius 2 is 2.31 bits per heavy atom. The van der Waals surface area contributed by atoms with Crippen molar-refractivity contribution in [3.05, 3.63) is 23.5 Å². The van der Waals surface area contributed by atoms with Gasteiger partial charge >= 0.3 is 5.97 Å². The molecule has 0 radical (unpaired) electrons. The number of aryl methyl sites for hydroxylation is 2. The molecule has 2 aromatic rings. The van der Waals surface area contributed by atoms with Gasteiger partial charge in [-0.3, -0.25) is 0 Å². The molecule has 0 saturated heterocycles. The number of fused-ring (bicyclic) bond motifs is 1. The van der Waals surface area contributed by atoms with Crippen molar-refractivity contribution in [3.8, 4) is 0 Å². The second kappa shape index (κ2) is 3.92. The normalized spacial score (nSPS) is 10.7. The Bertz CT molecular complexity index is 545. The Morgan fingerprint density at radius 3 is 2.94 bits per heavy atom. The van der Waals surface area contributed by atoms with E-state index >= 15 is 0 Å². The molecule has 16 heavy (non-hydrogen) atoms. The molecule has 0 unspecified atom stereocenters. The summed E-state index contributed by atoms with van der Waals surface area (Å²) in [7, 11) is 1.37. The van der Waals surface area contributed by atoms with Crippen LogP contribution in [0.15, 0.2) is 12.3 Å². The van der Waals surface area contributed by atoms with Crippen LogP contribution in [-0.2, 0) is 11.3 Å². The lowest BCUT2D eigenvalue weighted by molar-refractivity contribution is 0.0603. The van der Waals surface area contributed by atoms with Gasteiger partial charge in [0, 0.05) is 12.2 Å². The number of carbonyl (C=O) groups excluding carboxylic acids is 1. The van der Waals surface area contributed by atoms with Crippen molar-refractivity contribution in [2.75, 3.05) is 7.11 Å². The lowest BCUT2D eigenvalue weighted by Crippen LogP contribution is -2.04. The van der Waals surface area contributed by atoms with Crippen molar-refractivity contribution in [1.82, 2.24) is 14.8 Å². The van der Waals surface area contributed by atoms with E-state index in [0.717, 1.165) is 23.3 Å². The number of hydrogen-bond acceptors (Lipinski definition) is 4. The van der Waals surface area contributed by atoms with Crippen molar-refractivity contribution in [2.45, 2.75) is 20.4 Å². The average Bonchev–Trinajstić information content (AvgIpc) is 2.69. The summed E-state index contributed by atoms with van der Waals surface area (Å²) in [5.74, 6) is -0.355. The zero-order chi connectivity index (χ0) is 11.7. The summed E-state index contributed by atoms with van der Waals surface area (Å²) in [6.45, 7) is 4.55. The SMILES string of the molecule is CCn1ncc2c(C(=O)OC)cc(C)nc21. The van der Waals surface area contributed by atoms with Crippen LogP contribution < -0.4 is 0 Å². The van der Waals surface area contributed by atoms with E-state index in [0.29, 0.717) is 5.56 Å². The zero-order valence-electron chi connectivity index (χ0n) is 9.52. The fourth-order valence-electron chi connectivity index (χ4n) is 1.68. The Labute approximate surface area is 93.0 Å². The van der Waals surface area contributed by atoms with Crippen LogP contribution in [0.5, 0.6) is 0 Å². The first kappa shape index (κ1) is 10.6. The van der Waals surface area contributed by atoms with Crippen LogP contribution in [0.2, 0.25) is 0 Å². The molecule has 0 aliphatic rings. The van der Waals surface area contributed by atoms with Crippen LogP contribution in [-0.4, -0.2) is 27.8 Å². The maximum absolute atomic E-state index is 11.6. The molecule has 0 atom stereocenters. The average molecular weight is 219 g/mol. The first-order chi connectivity index (χ1) is 7.67. The molecule has 0 aliphatic carbocycles. The molecule has 0 amide bonds. The Morgan fingerprint density at radius 1 is 1.56 bits per heavy atom. The van der Waals surface area contributed by atoms with E-state index < -0.39 is 0 Å². The van der Waals surface area contributed by atoms with Crippen molar-refractivity contribution in [1.29, 1.82) is 0 Å². The van der Waals surface area contributed by atoms with Gasteiger partial charge in [-0.05, 0) is 19.9 Å². The van der Waals surface area contributed by atoms with Crippen LogP contribution >= 0.6 is 0 Å². The quantitative estimate of drug-likeness (QED) is 0.719. The van der Waals surface area contributed by atoms with Gasteiger partial charge in [0.05, 0.1) is 24.3 Å². The van der Waals surface area contributed by atoms with E-state index in [4.69, 9.17) is 4.74 Å². The minimum Gasteiger partial charge on any atom is -0.465 e. The number of aromatic nitrogens is 3. The summed E-state index contributed by atoms with van der Waals surface area (Å²) in [6, 6.07) is 1.72. The maximum atomic E-state index is 11.6. The van der Waals surface area contributed by atoms with Gasteiger partial charge < -0.3 is 4.74 Å². The van der Waals surface area contributed by atoms with Crippen molar-refractivity contribution in [3.63, 3.8) is 0 Å². The van der Waals surface area contributed by atoms with Crippen LogP contribution in [0.3, 0.4) is 0 Å². The minimum atomic E-state index is -0.355. The van der Waals surface area contributed by atoms with Gasteiger partial charge in [0.2, 0.25) is 0 Å². The third kappa shape index (κ3) is 1.54.